The van der Waals surface area contributed by atoms with Gasteiger partial charge in [0.05, 0.1) is 11.7 Å². The summed E-state index contributed by atoms with van der Waals surface area (Å²) in [5.74, 6) is -0.322. The van der Waals surface area contributed by atoms with Gasteiger partial charge in [-0.05, 0) is 32.6 Å². The van der Waals surface area contributed by atoms with Gasteiger partial charge in [-0.15, -0.1) is 0 Å². The monoisotopic (exact) mass is 271 g/mol. The molecule has 0 fully saturated rings. The molecule has 1 amide bonds. The molecule has 0 aliphatic rings. The highest BCUT2D eigenvalue weighted by Gasteiger charge is 2.12. The first-order valence-corrected chi connectivity index (χ1v) is 6.10. The Labute approximate surface area is 112 Å². The third-order valence-electron chi connectivity index (χ3n) is 2.41. The number of rotatable bonds is 6. The molecule has 0 radical (unpaired) electrons. The molecule has 6 heteroatoms. The molecule has 5 nitrogen and oxygen atoms in total. The molecule has 0 aliphatic carbocycles. The normalized spacial score (nSPS) is 12.5. The molecule has 0 bridgehead atoms. The van der Waals surface area contributed by atoms with Crippen LogP contribution >= 0.6 is 11.6 Å². The Hall–Kier alpha value is -1.17. The van der Waals surface area contributed by atoms with Crippen LogP contribution in [-0.2, 0) is 0 Å². The van der Waals surface area contributed by atoms with E-state index in [1.807, 2.05) is 19.0 Å². The standard InChI is InChI=1S/C12H18ClN3O2/c1-16(2)7-5-9(17)8-15-12(18)10-4-3-6-14-11(10)13/h3-4,6,9,17H,5,7-8H2,1-2H3,(H,15,18). The summed E-state index contributed by atoms with van der Waals surface area (Å²) in [5, 5.41) is 12.5. The minimum Gasteiger partial charge on any atom is -0.391 e. The number of carbonyl (C=O) groups excluding carboxylic acids is 1. The van der Waals surface area contributed by atoms with Crippen LogP contribution in [0, 0.1) is 0 Å². The van der Waals surface area contributed by atoms with Gasteiger partial charge in [-0.2, -0.15) is 0 Å². The zero-order chi connectivity index (χ0) is 13.5. The Morgan fingerprint density at radius 2 is 2.33 bits per heavy atom. The Morgan fingerprint density at radius 3 is 2.94 bits per heavy atom. The lowest BCUT2D eigenvalue weighted by Gasteiger charge is -2.15. The molecule has 0 aliphatic heterocycles. The summed E-state index contributed by atoms with van der Waals surface area (Å²) in [7, 11) is 3.86. The fourth-order valence-corrected chi connectivity index (χ4v) is 1.58. The van der Waals surface area contributed by atoms with Crippen molar-refractivity contribution in [2.24, 2.45) is 0 Å². The topological polar surface area (TPSA) is 65.5 Å². The predicted molar refractivity (Wildman–Crippen MR) is 70.8 cm³/mol. The second-order valence-electron chi connectivity index (χ2n) is 4.30. The first-order valence-electron chi connectivity index (χ1n) is 5.72. The van der Waals surface area contributed by atoms with E-state index in [0.717, 1.165) is 6.54 Å². The maximum atomic E-state index is 11.8. The first-order chi connectivity index (χ1) is 8.50. The molecule has 1 aromatic rings. The average Bonchev–Trinajstić information content (AvgIpc) is 2.34. The summed E-state index contributed by atoms with van der Waals surface area (Å²) >= 11 is 5.80. The van der Waals surface area contributed by atoms with Crippen LogP contribution in [0.4, 0.5) is 0 Å². The minimum atomic E-state index is -0.563. The van der Waals surface area contributed by atoms with Crippen LogP contribution in [0.25, 0.3) is 0 Å². The SMILES string of the molecule is CN(C)CCC(O)CNC(=O)c1cccnc1Cl. The number of hydrogen-bond donors (Lipinski definition) is 2. The largest absolute Gasteiger partial charge is 0.391 e. The lowest BCUT2D eigenvalue weighted by Crippen LogP contribution is -2.34. The van der Waals surface area contributed by atoms with Crippen molar-refractivity contribution in [1.82, 2.24) is 15.2 Å². The number of aliphatic hydroxyl groups excluding tert-OH is 1. The zero-order valence-electron chi connectivity index (χ0n) is 10.6. The molecule has 18 heavy (non-hydrogen) atoms. The number of hydrogen-bond acceptors (Lipinski definition) is 4. The molecule has 100 valence electrons. The van der Waals surface area contributed by atoms with Gasteiger partial charge in [-0.1, -0.05) is 11.6 Å². The number of halogens is 1. The van der Waals surface area contributed by atoms with Crippen LogP contribution in [0.2, 0.25) is 5.15 Å². The van der Waals surface area contributed by atoms with Crippen LogP contribution in [0.3, 0.4) is 0 Å². The van der Waals surface area contributed by atoms with Crippen molar-refractivity contribution in [3.05, 3.63) is 29.0 Å². The highest BCUT2D eigenvalue weighted by Crippen LogP contribution is 2.10. The van der Waals surface area contributed by atoms with Crippen molar-refractivity contribution in [1.29, 1.82) is 0 Å². The van der Waals surface area contributed by atoms with Crippen LogP contribution in [0.15, 0.2) is 18.3 Å². The highest BCUT2D eigenvalue weighted by molar-refractivity contribution is 6.32. The quantitative estimate of drug-likeness (QED) is 0.751. The van der Waals surface area contributed by atoms with E-state index in [1.165, 1.54) is 6.20 Å². The molecule has 0 saturated heterocycles. The van der Waals surface area contributed by atoms with E-state index in [9.17, 15) is 9.90 Å². The van der Waals surface area contributed by atoms with E-state index in [2.05, 4.69) is 10.3 Å². The first kappa shape index (κ1) is 14.9. The van der Waals surface area contributed by atoms with Gasteiger partial charge in [0.1, 0.15) is 5.15 Å². The van der Waals surface area contributed by atoms with Gasteiger partial charge in [0.15, 0.2) is 0 Å². The molecule has 1 aromatic heterocycles. The van der Waals surface area contributed by atoms with Crippen LogP contribution in [-0.4, -0.2) is 54.2 Å². The Bertz CT molecular complexity index is 399. The van der Waals surface area contributed by atoms with E-state index in [0.29, 0.717) is 12.0 Å². The predicted octanol–water partition coefficient (Wildman–Crippen LogP) is 0.777. The Kier molecular flexibility index (Phi) is 6.04. The minimum absolute atomic E-state index is 0.165. The average molecular weight is 272 g/mol. The summed E-state index contributed by atoms with van der Waals surface area (Å²) in [5.41, 5.74) is 0.318. The number of nitrogens with one attached hydrogen (secondary N) is 1. The molecule has 1 unspecified atom stereocenters. The Morgan fingerprint density at radius 1 is 1.61 bits per heavy atom. The molecule has 0 spiro atoms. The van der Waals surface area contributed by atoms with E-state index < -0.39 is 6.10 Å². The summed E-state index contributed by atoms with van der Waals surface area (Å²) in [6.07, 6.45) is 1.56. The van der Waals surface area contributed by atoms with Crippen LogP contribution < -0.4 is 5.32 Å². The molecule has 2 N–H and O–H groups in total. The number of pyridine rings is 1. The number of carbonyl (C=O) groups is 1. The van der Waals surface area contributed by atoms with Gasteiger partial charge in [-0.3, -0.25) is 4.79 Å². The number of amides is 1. The van der Waals surface area contributed by atoms with Gasteiger partial charge < -0.3 is 15.3 Å². The lowest BCUT2D eigenvalue weighted by molar-refractivity contribution is 0.0904. The Balaban J connectivity index is 2.40. The van der Waals surface area contributed by atoms with Crippen molar-refractivity contribution < 1.29 is 9.90 Å². The van der Waals surface area contributed by atoms with Gasteiger partial charge in [-0.25, -0.2) is 4.98 Å². The summed E-state index contributed by atoms with van der Waals surface area (Å²) in [4.78, 5) is 17.5. The van der Waals surface area contributed by atoms with E-state index in [4.69, 9.17) is 11.6 Å². The van der Waals surface area contributed by atoms with Gasteiger partial charge in [0, 0.05) is 19.3 Å². The van der Waals surface area contributed by atoms with E-state index in [1.54, 1.807) is 12.1 Å². The number of aliphatic hydroxyl groups is 1. The van der Waals surface area contributed by atoms with Crippen LogP contribution in [0.5, 0.6) is 0 Å². The van der Waals surface area contributed by atoms with Gasteiger partial charge >= 0.3 is 0 Å². The molecule has 1 rings (SSSR count). The maximum Gasteiger partial charge on any atom is 0.254 e. The molecule has 0 aromatic carbocycles. The maximum absolute atomic E-state index is 11.8. The third-order valence-corrected chi connectivity index (χ3v) is 2.71. The fraction of sp³-hybridized carbons (Fsp3) is 0.500. The van der Waals surface area contributed by atoms with E-state index in [-0.39, 0.29) is 17.6 Å². The second kappa shape index (κ2) is 7.31. The highest BCUT2D eigenvalue weighted by atomic mass is 35.5. The summed E-state index contributed by atoms with van der Waals surface area (Å²) in [6.45, 7) is 0.975. The third kappa shape index (κ3) is 5.00. The summed E-state index contributed by atoms with van der Waals surface area (Å²) < 4.78 is 0. The number of aromatic nitrogens is 1. The molecular weight excluding hydrogens is 254 g/mol. The van der Waals surface area contributed by atoms with Crippen LogP contribution in [0.1, 0.15) is 16.8 Å². The smallest absolute Gasteiger partial charge is 0.254 e. The lowest BCUT2D eigenvalue weighted by atomic mass is 10.2. The molecule has 1 heterocycles. The second-order valence-corrected chi connectivity index (χ2v) is 4.66. The van der Waals surface area contributed by atoms with Gasteiger partial charge in [0.25, 0.3) is 5.91 Å². The molecule has 1 atom stereocenters. The summed E-state index contributed by atoms with van der Waals surface area (Å²) in [6, 6.07) is 3.24. The van der Waals surface area contributed by atoms with Crippen molar-refractivity contribution in [2.75, 3.05) is 27.2 Å². The van der Waals surface area contributed by atoms with Crippen molar-refractivity contribution >= 4 is 17.5 Å². The zero-order valence-corrected chi connectivity index (χ0v) is 11.3. The van der Waals surface area contributed by atoms with Gasteiger partial charge in [0.2, 0.25) is 0 Å². The molecule has 0 saturated carbocycles. The number of nitrogens with zero attached hydrogens (tertiary/aromatic N) is 2. The van der Waals surface area contributed by atoms with Crippen molar-refractivity contribution in [2.45, 2.75) is 12.5 Å². The van der Waals surface area contributed by atoms with Crippen molar-refractivity contribution in [3.8, 4) is 0 Å². The molecular formula is C12H18ClN3O2. The van der Waals surface area contributed by atoms with E-state index >= 15 is 0 Å². The van der Waals surface area contributed by atoms with Crippen molar-refractivity contribution in [3.63, 3.8) is 0 Å². The fourth-order valence-electron chi connectivity index (χ4n) is 1.37.